The van der Waals surface area contributed by atoms with Gasteiger partial charge in [0, 0.05) is 43.6 Å². The summed E-state index contributed by atoms with van der Waals surface area (Å²) in [5.41, 5.74) is 1.11. The molecule has 0 unspecified atom stereocenters. The molecule has 1 saturated heterocycles. The lowest BCUT2D eigenvalue weighted by molar-refractivity contribution is 0.0697. The van der Waals surface area contributed by atoms with E-state index in [1.54, 1.807) is 12.1 Å². The molecular weight excluding hydrogens is 292 g/mol. The molecule has 6 heteroatoms. The Hall–Kier alpha value is -2.37. The average molecular weight is 314 g/mol. The highest BCUT2D eigenvalue weighted by atomic mass is 16.4. The lowest BCUT2D eigenvalue weighted by Gasteiger charge is -2.34. The van der Waals surface area contributed by atoms with Crippen LogP contribution in [0.2, 0.25) is 0 Å². The van der Waals surface area contributed by atoms with Gasteiger partial charge in [0.1, 0.15) is 17.2 Å². The Morgan fingerprint density at radius 2 is 2.26 bits per heavy atom. The minimum Gasteiger partial charge on any atom is -0.478 e. The fraction of sp³-hybridized carbons (Fsp3) is 0.471. The smallest absolute Gasteiger partial charge is 0.339 e. The van der Waals surface area contributed by atoms with Crippen LogP contribution in [0, 0.1) is 6.92 Å². The van der Waals surface area contributed by atoms with Crippen molar-refractivity contribution in [3.05, 3.63) is 41.6 Å². The first-order valence-electron chi connectivity index (χ1n) is 8.07. The average Bonchev–Trinajstić information content (AvgIpc) is 3.03. The number of aromatic nitrogens is 3. The van der Waals surface area contributed by atoms with Gasteiger partial charge in [-0.25, -0.2) is 14.8 Å². The molecule has 1 aliphatic heterocycles. The number of carboxylic acid groups (broad SMARTS) is 1. The molecule has 1 fully saturated rings. The van der Waals surface area contributed by atoms with Crippen molar-refractivity contribution in [3.8, 4) is 0 Å². The molecule has 3 rings (SSSR count). The standard InChI is InChI=1S/C17H22N4O2/c1-3-20-10-8-18-15(20)13-5-4-9-21(11-13)16-14(17(22)23)7-6-12(2)19-16/h6-8,10,13H,3-5,9,11H2,1-2H3,(H,22,23)/t13-/m0/s1. The number of anilines is 1. The molecule has 122 valence electrons. The molecular formula is C17H22N4O2. The highest BCUT2D eigenvalue weighted by molar-refractivity contribution is 5.93. The zero-order valence-corrected chi connectivity index (χ0v) is 13.6. The Bertz CT molecular complexity index is 710. The summed E-state index contributed by atoms with van der Waals surface area (Å²) in [6, 6.07) is 3.40. The number of hydrogen-bond acceptors (Lipinski definition) is 4. The Balaban J connectivity index is 1.90. The van der Waals surface area contributed by atoms with Crippen LogP contribution >= 0.6 is 0 Å². The summed E-state index contributed by atoms with van der Waals surface area (Å²) in [6.45, 7) is 6.49. The van der Waals surface area contributed by atoms with Gasteiger partial charge in [0.25, 0.3) is 0 Å². The molecule has 6 nitrogen and oxygen atoms in total. The third-order valence-electron chi connectivity index (χ3n) is 4.42. The van der Waals surface area contributed by atoms with E-state index in [2.05, 4.69) is 26.4 Å². The van der Waals surface area contributed by atoms with E-state index in [0.29, 0.717) is 11.7 Å². The van der Waals surface area contributed by atoms with Gasteiger partial charge in [-0.3, -0.25) is 0 Å². The second kappa shape index (κ2) is 6.40. The van der Waals surface area contributed by atoms with E-state index in [9.17, 15) is 9.90 Å². The van der Waals surface area contributed by atoms with Gasteiger partial charge in [-0.05, 0) is 38.8 Å². The molecule has 0 bridgehead atoms. The number of aryl methyl sites for hydroxylation is 2. The molecule has 1 N–H and O–H groups in total. The summed E-state index contributed by atoms with van der Waals surface area (Å²) in [5.74, 6) is 1.05. The number of carbonyl (C=O) groups is 1. The first-order valence-corrected chi connectivity index (χ1v) is 8.07. The van der Waals surface area contributed by atoms with Gasteiger partial charge in [0.2, 0.25) is 0 Å². The van der Waals surface area contributed by atoms with Crippen LogP contribution in [0.25, 0.3) is 0 Å². The van der Waals surface area contributed by atoms with Crippen LogP contribution in [0.5, 0.6) is 0 Å². The molecule has 2 aromatic rings. The Morgan fingerprint density at radius 1 is 1.43 bits per heavy atom. The molecule has 0 radical (unpaired) electrons. The summed E-state index contributed by atoms with van der Waals surface area (Å²) in [5, 5.41) is 9.44. The van der Waals surface area contributed by atoms with Crippen LogP contribution in [-0.2, 0) is 6.54 Å². The lowest BCUT2D eigenvalue weighted by atomic mass is 9.96. The maximum Gasteiger partial charge on any atom is 0.339 e. The van der Waals surface area contributed by atoms with E-state index in [4.69, 9.17) is 0 Å². The number of nitrogens with zero attached hydrogens (tertiary/aromatic N) is 4. The number of aromatic carboxylic acids is 1. The maximum absolute atomic E-state index is 11.5. The Labute approximate surface area is 135 Å². The van der Waals surface area contributed by atoms with Crippen molar-refractivity contribution < 1.29 is 9.90 Å². The largest absolute Gasteiger partial charge is 0.478 e. The van der Waals surface area contributed by atoms with Crippen LogP contribution < -0.4 is 4.90 Å². The SMILES string of the molecule is CCn1ccnc1[C@H]1CCCN(c2nc(C)ccc2C(=O)O)C1. The molecule has 1 aliphatic rings. The molecule has 0 spiro atoms. The number of hydrogen-bond donors (Lipinski definition) is 1. The zero-order valence-electron chi connectivity index (χ0n) is 13.6. The zero-order chi connectivity index (χ0) is 16.4. The first kappa shape index (κ1) is 15.5. The van der Waals surface area contributed by atoms with Crippen molar-refractivity contribution in [2.75, 3.05) is 18.0 Å². The van der Waals surface area contributed by atoms with Crippen molar-refractivity contribution >= 4 is 11.8 Å². The number of rotatable bonds is 4. The van der Waals surface area contributed by atoms with Crippen molar-refractivity contribution in [1.29, 1.82) is 0 Å². The minimum absolute atomic E-state index is 0.273. The Morgan fingerprint density at radius 3 is 3.00 bits per heavy atom. The van der Waals surface area contributed by atoms with Crippen molar-refractivity contribution in [2.24, 2.45) is 0 Å². The quantitative estimate of drug-likeness (QED) is 0.939. The molecule has 2 aromatic heterocycles. The Kier molecular flexibility index (Phi) is 4.32. The predicted octanol–water partition coefficient (Wildman–Crippen LogP) is 2.69. The van der Waals surface area contributed by atoms with Crippen LogP contribution in [0.4, 0.5) is 5.82 Å². The monoisotopic (exact) mass is 314 g/mol. The summed E-state index contributed by atoms with van der Waals surface area (Å²) >= 11 is 0. The van der Waals surface area contributed by atoms with E-state index < -0.39 is 5.97 Å². The lowest BCUT2D eigenvalue weighted by Crippen LogP contribution is -2.37. The molecule has 23 heavy (non-hydrogen) atoms. The molecule has 0 saturated carbocycles. The molecule has 0 aromatic carbocycles. The van der Waals surface area contributed by atoms with E-state index in [1.807, 2.05) is 19.3 Å². The molecule has 1 atom stereocenters. The molecule has 0 aliphatic carbocycles. The fourth-order valence-electron chi connectivity index (χ4n) is 3.28. The molecule has 3 heterocycles. The van der Waals surface area contributed by atoms with E-state index >= 15 is 0 Å². The van der Waals surface area contributed by atoms with Gasteiger partial charge < -0.3 is 14.6 Å². The third-order valence-corrected chi connectivity index (χ3v) is 4.42. The van der Waals surface area contributed by atoms with E-state index in [0.717, 1.165) is 44.0 Å². The second-order valence-corrected chi connectivity index (χ2v) is 5.99. The van der Waals surface area contributed by atoms with Crippen LogP contribution in [0.3, 0.4) is 0 Å². The highest BCUT2D eigenvalue weighted by Gasteiger charge is 2.27. The predicted molar refractivity (Wildman–Crippen MR) is 88.0 cm³/mol. The van der Waals surface area contributed by atoms with Crippen molar-refractivity contribution in [3.63, 3.8) is 0 Å². The second-order valence-electron chi connectivity index (χ2n) is 5.99. The molecule has 0 amide bonds. The van der Waals surface area contributed by atoms with Crippen LogP contribution in [0.1, 0.15) is 47.6 Å². The van der Waals surface area contributed by atoms with Gasteiger partial charge in [0.15, 0.2) is 0 Å². The van der Waals surface area contributed by atoms with Gasteiger partial charge in [-0.2, -0.15) is 0 Å². The number of pyridine rings is 1. The maximum atomic E-state index is 11.5. The van der Waals surface area contributed by atoms with E-state index in [-0.39, 0.29) is 5.56 Å². The number of imidazole rings is 1. The first-order chi connectivity index (χ1) is 11.1. The number of piperidine rings is 1. The highest BCUT2D eigenvalue weighted by Crippen LogP contribution is 2.30. The van der Waals surface area contributed by atoms with Gasteiger partial charge >= 0.3 is 5.97 Å². The van der Waals surface area contributed by atoms with Crippen LogP contribution in [-0.4, -0.2) is 38.7 Å². The minimum atomic E-state index is -0.926. The van der Waals surface area contributed by atoms with Gasteiger partial charge in [-0.1, -0.05) is 0 Å². The van der Waals surface area contributed by atoms with Gasteiger partial charge in [0.05, 0.1) is 0 Å². The fourth-order valence-corrected chi connectivity index (χ4v) is 3.28. The topological polar surface area (TPSA) is 71.2 Å². The van der Waals surface area contributed by atoms with E-state index in [1.165, 1.54) is 0 Å². The summed E-state index contributed by atoms with van der Waals surface area (Å²) in [4.78, 5) is 22.6. The summed E-state index contributed by atoms with van der Waals surface area (Å²) in [7, 11) is 0. The van der Waals surface area contributed by atoms with Crippen molar-refractivity contribution in [2.45, 2.75) is 39.2 Å². The third kappa shape index (κ3) is 3.06. The number of carboxylic acids is 1. The normalized spacial score (nSPS) is 18.2. The van der Waals surface area contributed by atoms with Crippen LogP contribution in [0.15, 0.2) is 24.5 Å². The van der Waals surface area contributed by atoms with Gasteiger partial charge in [-0.15, -0.1) is 0 Å². The summed E-state index contributed by atoms with van der Waals surface area (Å²) < 4.78 is 2.16. The van der Waals surface area contributed by atoms with Crippen molar-refractivity contribution in [1.82, 2.24) is 14.5 Å². The summed E-state index contributed by atoms with van der Waals surface area (Å²) in [6.07, 6.45) is 5.92.